The molecule has 6 heteroatoms. The van der Waals surface area contributed by atoms with Crippen LogP contribution in [0.3, 0.4) is 0 Å². The van der Waals surface area contributed by atoms with Crippen LogP contribution in [0.5, 0.6) is 0 Å². The lowest BCUT2D eigenvalue weighted by Gasteiger charge is -2.50. The van der Waals surface area contributed by atoms with Gasteiger partial charge in [-0.1, -0.05) is 85.7 Å². The number of amides is 1. The molecule has 1 aromatic rings. The summed E-state index contributed by atoms with van der Waals surface area (Å²) in [7, 11) is -2.62. The van der Waals surface area contributed by atoms with E-state index >= 15 is 0 Å². The van der Waals surface area contributed by atoms with E-state index in [-0.39, 0.29) is 16.5 Å². The molecule has 0 spiro atoms. The summed E-state index contributed by atoms with van der Waals surface area (Å²) in [6.07, 6.45) is -0.407. The number of carbonyl (C=O) groups excluding carboxylic acids is 1. The molecule has 0 saturated carbocycles. The van der Waals surface area contributed by atoms with Gasteiger partial charge in [0.05, 0.1) is 0 Å². The van der Waals surface area contributed by atoms with Crippen LogP contribution in [0, 0.1) is 5.92 Å². The van der Waals surface area contributed by atoms with Gasteiger partial charge in [-0.2, -0.15) is 0 Å². The lowest BCUT2D eigenvalue weighted by molar-refractivity contribution is -0.139. The summed E-state index contributed by atoms with van der Waals surface area (Å²) in [5.74, 6) is -0.694. The third-order valence-electron chi connectivity index (χ3n) is 5.26. The maximum atomic E-state index is 12.9. The third-order valence-corrected chi connectivity index (χ3v) is 12.0. The molecule has 0 aliphatic rings. The number of nitrogens with one attached hydrogen (secondary N) is 1. The molecule has 1 amide bonds. The van der Waals surface area contributed by atoms with Crippen LogP contribution in [0.25, 0.3) is 0 Å². The second-order valence-electron chi connectivity index (χ2n) is 10.0. The molecule has 1 rings (SSSR count). The summed E-state index contributed by atoms with van der Waals surface area (Å²) in [5.41, 5.74) is 0.854. The fraction of sp³-hybridized carbons (Fsp3) is 0.636. The molecule has 2 N–H and O–H groups in total. The van der Waals surface area contributed by atoms with Crippen molar-refractivity contribution < 1.29 is 19.1 Å². The van der Waals surface area contributed by atoms with Gasteiger partial charge in [-0.25, -0.2) is 9.59 Å². The Hall–Kier alpha value is -1.82. The van der Waals surface area contributed by atoms with E-state index in [4.69, 9.17) is 4.43 Å². The third kappa shape index (κ3) is 6.09. The van der Waals surface area contributed by atoms with Crippen LogP contribution >= 0.6 is 0 Å². The largest absolute Gasteiger partial charge is 0.502 e. The highest BCUT2D eigenvalue weighted by Gasteiger charge is 2.58. The zero-order chi connectivity index (χ0) is 21.8. The Balaban J connectivity index is 3.10. The first-order chi connectivity index (χ1) is 12.7. The summed E-state index contributed by atoms with van der Waals surface area (Å²) < 4.78 is 6.22. The predicted molar refractivity (Wildman–Crippen MR) is 116 cm³/mol. The minimum Gasteiger partial charge on any atom is -0.502 e. The summed E-state index contributed by atoms with van der Waals surface area (Å²) in [6.45, 7) is 17.0. The molecule has 5 nitrogen and oxygen atoms in total. The van der Waals surface area contributed by atoms with Crippen molar-refractivity contribution in [1.29, 1.82) is 0 Å². The Bertz CT molecular complexity index is 645. The van der Waals surface area contributed by atoms with E-state index in [1.807, 2.05) is 30.3 Å². The number of benzene rings is 1. The number of aliphatic carboxylic acids is 1. The van der Waals surface area contributed by atoms with Crippen molar-refractivity contribution in [2.45, 2.75) is 84.0 Å². The van der Waals surface area contributed by atoms with Crippen LogP contribution in [-0.4, -0.2) is 31.5 Å². The van der Waals surface area contributed by atoms with Gasteiger partial charge in [-0.05, 0) is 27.6 Å². The summed E-state index contributed by atoms with van der Waals surface area (Å²) in [4.78, 5) is 24.6. The lowest BCUT2D eigenvalue weighted by atomic mass is 10.1. The van der Waals surface area contributed by atoms with E-state index in [0.717, 1.165) is 11.6 Å². The van der Waals surface area contributed by atoms with Crippen LogP contribution < -0.4 is 5.32 Å². The average Bonchev–Trinajstić information content (AvgIpc) is 2.51. The predicted octanol–water partition coefficient (Wildman–Crippen LogP) is 5.61. The number of carboxylic acid groups (broad SMARTS) is 1. The molecule has 0 aromatic heterocycles. The van der Waals surface area contributed by atoms with Crippen molar-refractivity contribution in [3.63, 3.8) is 0 Å². The topological polar surface area (TPSA) is 75.6 Å². The van der Waals surface area contributed by atoms with Gasteiger partial charge in [0, 0.05) is 6.42 Å². The fourth-order valence-corrected chi connectivity index (χ4v) is 9.74. The quantitative estimate of drug-likeness (QED) is 0.576. The molecule has 28 heavy (non-hydrogen) atoms. The van der Waals surface area contributed by atoms with Crippen molar-refractivity contribution in [3.05, 3.63) is 35.9 Å². The highest BCUT2D eigenvalue weighted by Crippen LogP contribution is 2.55. The van der Waals surface area contributed by atoms with E-state index in [9.17, 15) is 14.7 Å². The monoisotopic (exact) mass is 407 g/mol. The fourth-order valence-electron chi connectivity index (χ4n) is 4.04. The second-order valence-corrected chi connectivity index (χ2v) is 15.3. The van der Waals surface area contributed by atoms with E-state index in [0.29, 0.717) is 5.92 Å². The standard InChI is InChI=1S/C22H37NO4Si/c1-16(2)15-28(21(3,4)5,22(6,7)8)27-20(26)23-18(19(24)25)14-17-12-10-9-11-13-17/h9-13,16,18H,14-15H2,1-8H3,(H,23,26)(H,24,25)/t18-/m0/s1. The molecule has 0 radical (unpaired) electrons. The SMILES string of the molecule is CC(C)C[Si](OC(=O)N[C@@H](Cc1ccccc1)C(=O)O)(C(C)(C)C)C(C)(C)C. The van der Waals surface area contributed by atoms with Gasteiger partial charge in [-0.3, -0.25) is 0 Å². The number of carboxylic acids is 1. The summed E-state index contributed by atoms with van der Waals surface area (Å²) in [5, 5.41) is 11.8. The number of carbonyl (C=O) groups is 2. The molecule has 1 aromatic carbocycles. The zero-order valence-corrected chi connectivity index (χ0v) is 19.6. The normalized spacial score (nSPS) is 13.9. The molecular formula is C22H37NO4Si. The van der Waals surface area contributed by atoms with E-state index in [2.05, 4.69) is 60.7 Å². The molecule has 0 heterocycles. The van der Waals surface area contributed by atoms with Crippen molar-refractivity contribution in [2.24, 2.45) is 5.92 Å². The van der Waals surface area contributed by atoms with Crippen molar-refractivity contribution >= 4 is 20.4 Å². The molecule has 0 aliphatic heterocycles. The first-order valence-corrected chi connectivity index (χ1v) is 12.1. The minimum atomic E-state index is -2.62. The van der Waals surface area contributed by atoms with E-state index in [1.165, 1.54) is 0 Å². The lowest BCUT2D eigenvalue weighted by Crippen LogP contribution is -2.58. The van der Waals surface area contributed by atoms with Crippen LogP contribution in [0.15, 0.2) is 30.3 Å². The molecule has 158 valence electrons. The first-order valence-electron chi connectivity index (χ1n) is 9.96. The Labute approximate surface area is 171 Å². The Morgan fingerprint density at radius 1 is 1.04 bits per heavy atom. The highest BCUT2D eigenvalue weighted by atomic mass is 28.4. The van der Waals surface area contributed by atoms with Crippen LogP contribution in [0.2, 0.25) is 16.1 Å². The Morgan fingerprint density at radius 3 is 1.93 bits per heavy atom. The molecular weight excluding hydrogens is 370 g/mol. The summed E-state index contributed by atoms with van der Waals surface area (Å²) >= 11 is 0. The smallest absolute Gasteiger partial charge is 0.394 e. The second kappa shape index (κ2) is 9.12. The molecule has 0 aliphatic carbocycles. The van der Waals surface area contributed by atoms with Crippen molar-refractivity contribution in [1.82, 2.24) is 5.32 Å². The number of rotatable bonds is 7. The minimum absolute atomic E-state index is 0.189. The van der Waals surface area contributed by atoms with Gasteiger partial charge in [0.15, 0.2) is 0 Å². The first kappa shape index (κ1) is 24.2. The van der Waals surface area contributed by atoms with E-state index in [1.54, 1.807) is 0 Å². The molecule has 0 bridgehead atoms. The van der Waals surface area contributed by atoms with Gasteiger partial charge in [-0.15, -0.1) is 0 Å². The number of hydrogen-bond donors (Lipinski definition) is 2. The van der Waals surface area contributed by atoms with Gasteiger partial charge in [0.2, 0.25) is 0 Å². The maximum absolute atomic E-state index is 12.9. The van der Waals surface area contributed by atoms with Gasteiger partial charge in [0.25, 0.3) is 8.32 Å². The Morgan fingerprint density at radius 2 is 1.54 bits per heavy atom. The van der Waals surface area contributed by atoms with Gasteiger partial charge >= 0.3 is 12.1 Å². The summed E-state index contributed by atoms with van der Waals surface area (Å²) in [6, 6.07) is 9.08. The molecule has 0 fully saturated rings. The maximum Gasteiger partial charge on any atom is 0.394 e. The average molecular weight is 408 g/mol. The van der Waals surface area contributed by atoms with Crippen LogP contribution in [0.4, 0.5) is 4.79 Å². The number of hydrogen-bond acceptors (Lipinski definition) is 3. The molecule has 0 unspecified atom stereocenters. The Kier molecular flexibility index (Phi) is 7.88. The van der Waals surface area contributed by atoms with Gasteiger partial charge < -0.3 is 14.8 Å². The molecule has 1 atom stereocenters. The van der Waals surface area contributed by atoms with Crippen molar-refractivity contribution in [2.75, 3.05) is 0 Å². The van der Waals surface area contributed by atoms with Gasteiger partial charge in [0.1, 0.15) is 6.04 Å². The zero-order valence-electron chi connectivity index (χ0n) is 18.6. The molecule has 0 saturated heterocycles. The van der Waals surface area contributed by atoms with E-state index < -0.39 is 26.4 Å². The van der Waals surface area contributed by atoms with Crippen LogP contribution in [-0.2, 0) is 15.6 Å². The van der Waals surface area contributed by atoms with Crippen LogP contribution in [0.1, 0.15) is 61.0 Å². The highest BCUT2D eigenvalue weighted by molar-refractivity contribution is 6.80. The van der Waals surface area contributed by atoms with Crippen molar-refractivity contribution in [3.8, 4) is 0 Å².